The van der Waals surface area contributed by atoms with Crippen LogP contribution in [0.5, 0.6) is 0 Å². The van der Waals surface area contributed by atoms with Crippen molar-refractivity contribution in [1.29, 1.82) is 0 Å². The standard InChI is InChI=1S/C5H11NO3S/c1-3-6(5-7)10(8,9)4-2/h5H,3-4H2,1-2H3. The maximum absolute atomic E-state index is 10.9. The number of hydrogen-bond donors (Lipinski definition) is 0. The first-order chi connectivity index (χ1) is 4.58. The van der Waals surface area contributed by atoms with Gasteiger partial charge in [-0.15, -0.1) is 0 Å². The quantitative estimate of drug-likeness (QED) is 0.543. The molecular formula is C5H11NO3S. The predicted octanol–water partition coefficient (Wildman–Crippen LogP) is -0.186. The molecule has 1 amide bonds. The van der Waals surface area contributed by atoms with Crippen LogP contribution in [0.3, 0.4) is 0 Å². The molecule has 60 valence electrons. The SMILES string of the molecule is CCN(C=O)S(=O)(=O)CC. The topological polar surface area (TPSA) is 54.5 Å². The number of amides is 1. The molecule has 0 fully saturated rings. The summed E-state index contributed by atoms with van der Waals surface area (Å²) in [5.74, 6) is -0.0282. The largest absolute Gasteiger partial charge is 0.278 e. The van der Waals surface area contributed by atoms with Crippen LogP contribution in [0.2, 0.25) is 0 Å². The van der Waals surface area contributed by atoms with Gasteiger partial charge in [-0.05, 0) is 13.8 Å². The van der Waals surface area contributed by atoms with Crippen LogP contribution in [0, 0.1) is 0 Å². The summed E-state index contributed by atoms with van der Waals surface area (Å²) in [6.07, 6.45) is 0.332. The van der Waals surface area contributed by atoms with Gasteiger partial charge in [0.1, 0.15) is 0 Å². The Morgan fingerprint density at radius 3 is 2.00 bits per heavy atom. The summed E-state index contributed by atoms with van der Waals surface area (Å²) in [5, 5.41) is 0. The fraction of sp³-hybridized carbons (Fsp3) is 0.800. The van der Waals surface area contributed by atoms with Crippen molar-refractivity contribution in [3.05, 3.63) is 0 Å². The second-order valence-electron chi connectivity index (χ2n) is 1.71. The summed E-state index contributed by atoms with van der Waals surface area (Å²) in [6.45, 7) is 3.32. The van der Waals surface area contributed by atoms with Gasteiger partial charge in [-0.2, -0.15) is 0 Å². The lowest BCUT2D eigenvalue weighted by Gasteiger charge is -2.12. The average Bonchev–Trinajstić information content (AvgIpc) is 1.90. The molecule has 0 N–H and O–H groups in total. The van der Waals surface area contributed by atoms with Crippen LogP contribution in [-0.2, 0) is 14.8 Å². The molecule has 0 radical (unpaired) electrons. The van der Waals surface area contributed by atoms with Crippen LogP contribution >= 0.6 is 0 Å². The van der Waals surface area contributed by atoms with Gasteiger partial charge in [0, 0.05) is 6.54 Å². The van der Waals surface area contributed by atoms with E-state index in [2.05, 4.69) is 0 Å². The van der Waals surface area contributed by atoms with E-state index in [1.54, 1.807) is 6.92 Å². The number of nitrogens with zero attached hydrogens (tertiary/aromatic N) is 1. The summed E-state index contributed by atoms with van der Waals surface area (Å²) < 4.78 is 22.5. The monoisotopic (exact) mass is 165 g/mol. The fourth-order valence-corrected chi connectivity index (χ4v) is 1.36. The van der Waals surface area contributed by atoms with Gasteiger partial charge in [-0.25, -0.2) is 12.7 Å². The molecule has 0 aliphatic rings. The van der Waals surface area contributed by atoms with Crippen LogP contribution in [0.4, 0.5) is 0 Å². The maximum Gasteiger partial charge on any atom is 0.236 e. The minimum absolute atomic E-state index is 0.0282. The summed E-state index contributed by atoms with van der Waals surface area (Å²) in [7, 11) is -3.30. The number of carbonyl (C=O) groups excluding carboxylic acids is 1. The van der Waals surface area contributed by atoms with Gasteiger partial charge < -0.3 is 0 Å². The minimum Gasteiger partial charge on any atom is -0.278 e. The lowest BCUT2D eigenvalue weighted by atomic mass is 10.8. The Hall–Kier alpha value is -0.580. The molecule has 0 heterocycles. The van der Waals surface area contributed by atoms with Crippen LogP contribution in [-0.4, -0.2) is 31.4 Å². The highest BCUT2D eigenvalue weighted by atomic mass is 32.2. The Bertz CT molecular complexity index is 197. The Labute approximate surface area is 60.9 Å². The van der Waals surface area contributed by atoms with Crippen LogP contribution < -0.4 is 0 Å². The number of carbonyl (C=O) groups is 1. The van der Waals surface area contributed by atoms with Crippen LogP contribution in [0.25, 0.3) is 0 Å². The first-order valence-corrected chi connectivity index (χ1v) is 4.64. The normalized spacial score (nSPS) is 11.0. The highest BCUT2D eigenvalue weighted by molar-refractivity contribution is 7.89. The number of sulfonamides is 1. The molecule has 0 spiro atoms. The zero-order chi connectivity index (χ0) is 8.20. The molecule has 10 heavy (non-hydrogen) atoms. The number of rotatable bonds is 4. The highest BCUT2D eigenvalue weighted by Gasteiger charge is 2.14. The second-order valence-corrected chi connectivity index (χ2v) is 3.92. The van der Waals surface area contributed by atoms with Gasteiger partial charge >= 0.3 is 0 Å². The fourth-order valence-electron chi connectivity index (χ4n) is 0.503. The van der Waals surface area contributed by atoms with E-state index in [0.717, 1.165) is 4.31 Å². The molecule has 0 aromatic rings. The van der Waals surface area contributed by atoms with Crippen molar-refractivity contribution in [2.75, 3.05) is 12.3 Å². The van der Waals surface area contributed by atoms with Gasteiger partial charge in [0.15, 0.2) is 0 Å². The van der Waals surface area contributed by atoms with Crippen molar-refractivity contribution >= 4 is 16.4 Å². The van der Waals surface area contributed by atoms with E-state index in [0.29, 0.717) is 6.41 Å². The predicted molar refractivity (Wildman–Crippen MR) is 37.9 cm³/mol. The molecule has 0 unspecified atom stereocenters. The third kappa shape index (κ3) is 1.98. The Kier molecular flexibility index (Phi) is 3.35. The zero-order valence-corrected chi connectivity index (χ0v) is 6.89. The first-order valence-electron chi connectivity index (χ1n) is 3.03. The van der Waals surface area contributed by atoms with E-state index in [4.69, 9.17) is 0 Å². The molecule has 0 saturated carbocycles. The second kappa shape index (κ2) is 3.55. The Morgan fingerprint density at radius 2 is 1.90 bits per heavy atom. The van der Waals surface area contributed by atoms with Crippen LogP contribution in [0.1, 0.15) is 13.8 Å². The van der Waals surface area contributed by atoms with Gasteiger partial charge in [-0.1, -0.05) is 0 Å². The van der Waals surface area contributed by atoms with Crippen molar-refractivity contribution in [3.8, 4) is 0 Å². The first kappa shape index (κ1) is 9.42. The lowest BCUT2D eigenvalue weighted by molar-refractivity contribution is -0.113. The molecule has 0 rings (SSSR count). The van der Waals surface area contributed by atoms with Gasteiger partial charge in [0.25, 0.3) is 0 Å². The van der Waals surface area contributed by atoms with Crippen LogP contribution in [0.15, 0.2) is 0 Å². The van der Waals surface area contributed by atoms with E-state index >= 15 is 0 Å². The van der Waals surface area contributed by atoms with E-state index < -0.39 is 10.0 Å². The molecule has 0 atom stereocenters. The smallest absolute Gasteiger partial charge is 0.236 e. The van der Waals surface area contributed by atoms with E-state index in [1.807, 2.05) is 0 Å². The third-order valence-corrected chi connectivity index (χ3v) is 2.94. The van der Waals surface area contributed by atoms with E-state index in [9.17, 15) is 13.2 Å². The van der Waals surface area contributed by atoms with Gasteiger partial charge in [0.05, 0.1) is 5.75 Å². The maximum atomic E-state index is 10.9. The molecule has 0 aromatic carbocycles. The molecule has 0 aliphatic carbocycles. The summed E-state index contributed by atoms with van der Waals surface area (Å²) >= 11 is 0. The molecule has 4 nitrogen and oxygen atoms in total. The molecule has 0 saturated heterocycles. The van der Waals surface area contributed by atoms with Crippen molar-refractivity contribution in [1.82, 2.24) is 4.31 Å². The molecule has 5 heteroatoms. The molecule has 0 aromatic heterocycles. The summed E-state index contributed by atoms with van der Waals surface area (Å²) in [5.41, 5.74) is 0. The highest BCUT2D eigenvalue weighted by Crippen LogP contribution is 1.95. The van der Waals surface area contributed by atoms with Gasteiger partial charge in [0.2, 0.25) is 16.4 Å². The average molecular weight is 165 g/mol. The van der Waals surface area contributed by atoms with Crippen molar-refractivity contribution < 1.29 is 13.2 Å². The van der Waals surface area contributed by atoms with E-state index in [-0.39, 0.29) is 12.3 Å². The zero-order valence-electron chi connectivity index (χ0n) is 6.07. The van der Waals surface area contributed by atoms with Crippen molar-refractivity contribution in [2.24, 2.45) is 0 Å². The molecular weight excluding hydrogens is 154 g/mol. The summed E-state index contributed by atoms with van der Waals surface area (Å²) in [6, 6.07) is 0. The number of hydrogen-bond acceptors (Lipinski definition) is 3. The summed E-state index contributed by atoms with van der Waals surface area (Å²) in [4.78, 5) is 10.1. The van der Waals surface area contributed by atoms with Crippen molar-refractivity contribution in [2.45, 2.75) is 13.8 Å². The van der Waals surface area contributed by atoms with Crippen molar-refractivity contribution in [3.63, 3.8) is 0 Å². The Balaban J connectivity index is 4.43. The third-order valence-electron chi connectivity index (χ3n) is 1.15. The molecule has 0 bridgehead atoms. The lowest BCUT2D eigenvalue weighted by Crippen LogP contribution is -2.30. The van der Waals surface area contributed by atoms with E-state index in [1.165, 1.54) is 6.92 Å². The van der Waals surface area contributed by atoms with Gasteiger partial charge in [-0.3, -0.25) is 4.79 Å². The minimum atomic E-state index is -3.30. The Morgan fingerprint density at radius 1 is 1.40 bits per heavy atom. The molecule has 0 aliphatic heterocycles.